The van der Waals surface area contributed by atoms with Crippen LogP contribution < -0.4 is 10.6 Å². The van der Waals surface area contributed by atoms with Crippen molar-refractivity contribution in [3.8, 4) is 0 Å². The molecule has 4 rings (SSSR count). The van der Waals surface area contributed by atoms with Crippen molar-refractivity contribution in [1.29, 1.82) is 0 Å². The molecular weight excluding hydrogens is 605 g/mol. The Morgan fingerprint density at radius 1 is 0.600 bits per heavy atom. The van der Waals surface area contributed by atoms with E-state index in [0.717, 1.165) is 12.1 Å². The summed E-state index contributed by atoms with van der Waals surface area (Å²) in [5.74, 6) is -6.90. The fourth-order valence-electron chi connectivity index (χ4n) is 5.51. The van der Waals surface area contributed by atoms with E-state index < -0.39 is 83.2 Å². The van der Waals surface area contributed by atoms with Gasteiger partial charge >= 0.3 is 216 Å². The van der Waals surface area contributed by atoms with E-state index in [0.29, 0.717) is 24.3 Å². The van der Waals surface area contributed by atoms with Crippen LogP contribution in [0, 0.1) is 0 Å². The van der Waals surface area contributed by atoms with Crippen LogP contribution >= 0.6 is 7.06 Å². The molecule has 224 valence electrons. The summed E-state index contributed by atoms with van der Waals surface area (Å²) in [5.41, 5.74) is -15.0. The second-order valence-electron chi connectivity index (χ2n) is 9.35. The van der Waals surface area contributed by atoms with Gasteiger partial charge in [0.1, 0.15) is 0 Å². The summed E-state index contributed by atoms with van der Waals surface area (Å²) < 4.78 is 212. The molecule has 0 saturated carbocycles. The Hall–Kier alpha value is -2.19. The number of benzene rings is 2. The molecule has 0 aromatic heterocycles. The van der Waals surface area contributed by atoms with Crippen LogP contribution in [-0.2, 0) is 20.2 Å². The summed E-state index contributed by atoms with van der Waals surface area (Å²) in [7, 11) is -6.85. The summed E-state index contributed by atoms with van der Waals surface area (Å²) >= 11 is 0. The average Bonchev–Trinajstić information content (AvgIpc) is 3.26. The van der Waals surface area contributed by atoms with Crippen molar-refractivity contribution in [3.63, 3.8) is 0 Å². The Labute approximate surface area is 216 Å². The Balaban J connectivity index is 2.31. The van der Waals surface area contributed by atoms with Gasteiger partial charge in [-0.3, -0.25) is 0 Å². The molecule has 40 heavy (non-hydrogen) atoms. The molecule has 2 heterocycles. The van der Waals surface area contributed by atoms with Crippen LogP contribution in [0.2, 0.25) is 0 Å². The third-order valence-corrected chi connectivity index (χ3v) is 12.3. The second-order valence-corrected chi connectivity index (χ2v) is 13.4. The molecule has 0 amide bonds. The monoisotopic (exact) mass is 622 g/mol. The Bertz CT molecular complexity index is 1300. The molecule has 2 aromatic rings. The zero-order valence-corrected chi connectivity index (χ0v) is 20.7. The molecule has 0 unspecified atom stereocenters. The molecule has 0 fully saturated rings. The van der Waals surface area contributed by atoms with Crippen molar-refractivity contribution in [2.45, 2.75) is 61.6 Å². The van der Waals surface area contributed by atoms with E-state index >= 15 is 8.78 Å². The first-order valence-electron chi connectivity index (χ1n) is 11.3. The van der Waals surface area contributed by atoms with Crippen molar-refractivity contribution >= 4 is 17.7 Å². The van der Waals surface area contributed by atoms with Crippen LogP contribution in [-0.4, -0.2) is 36.8 Å². The third kappa shape index (κ3) is 3.41. The van der Waals surface area contributed by atoms with E-state index in [4.69, 9.17) is 9.05 Å². The molecular formula is C23H17F14O2P. The van der Waals surface area contributed by atoms with Crippen molar-refractivity contribution < 1.29 is 70.5 Å². The molecule has 1 atom stereocenters. The van der Waals surface area contributed by atoms with Crippen molar-refractivity contribution in [2.75, 3.05) is 6.16 Å². The van der Waals surface area contributed by atoms with Gasteiger partial charge < -0.3 is 0 Å². The van der Waals surface area contributed by atoms with Crippen LogP contribution in [0.15, 0.2) is 48.5 Å². The Kier molecular flexibility index (Phi) is 6.49. The SMILES string of the molecule is CCCCP12(OC(C(F)(F)F)(C(F)(F)F)c3ccccc31)O[C@](C(F)(F)F)(C(F)(F)C(F)(F)F)c1ccccc12. The average molecular weight is 622 g/mol. The van der Waals surface area contributed by atoms with Gasteiger partial charge in [0.15, 0.2) is 0 Å². The second kappa shape index (κ2) is 8.43. The zero-order chi connectivity index (χ0) is 30.4. The molecule has 1 spiro atoms. The molecule has 17 heteroatoms. The molecule has 0 aliphatic carbocycles. The summed E-state index contributed by atoms with van der Waals surface area (Å²) in [5, 5.41) is -2.68. The summed E-state index contributed by atoms with van der Waals surface area (Å²) in [6, 6.07) is 4.08. The first-order valence-corrected chi connectivity index (χ1v) is 13.6. The van der Waals surface area contributed by atoms with Gasteiger partial charge in [-0.1, -0.05) is 0 Å². The quantitative estimate of drug-likeness (QED) is 0.253. The molecule has 2 aromatic carbocycles. The van der Waals surface area contributed by atoms with Crippen molar-refractivity contribution in [3.05, 3.63) is 59.7 Å². The van der Waals surface area contributed by atoms with Crippen LogP contribution in [0.4, 0.5) is 61.5 Å². The van der Waals surface area contributed by atoms with E-state index in [9.17, 15) is 52.7 Å². The molecule has 2 nitrogen and oxygen atoms in total. The van der Waals surface area contributed by atoms with E-state index in [1.54, 1.807) is 0 Å². The standard InChI is InChI=1S/C23H17F14O2P/c1-2-3-12-40(16-11-7-5-9-14(16)18(39-40,21(29,30)31)22(32,33)34)15-10-6-4-8-13(15)17(38-40,20(26,27)28)19(24,25)23(35,36)37/h4-11H,2-3,12H2,1H3/t17-/m0/s1. The van der Waals surface area contributed by atoms with Crippen LogP contribution in [0.25, 0.3) is 0 Å². The van der Waals surface area contributed by atoms with Gasteiger partial charge in [-0.2, -0.15) is 0 Å². The van der Waals surface area contributed by atoms with E-state index in [2.05, 4.69) is 0 Å². The topological polar surface area (TPSA) is 18.5 Å². The maximum atomic E-state index is 15.2. The molecule has 0 radical (unpaired) electrons. The van der Waals surface area contributed by atoms with Gasteiger partial charge in [0.25, 0.3) is 0 Å². The first-order chi connectivity index (χ1) is 18.0. The third-order valence-electron chi connectivity index (χ3n) is 7.12. The number of hydrogen-bond donors (Lipinski definition) is 0. The van der Waals surface area contributed by atoms with Gasteiger partial charge in [0, 0.05) is 0 Å². The van der Waals surface area contributed by atoms with E-state index in [1.807, 2.05) is 0 Å². The first kappa shape index (κ1) is 30.8. The van der Waals surface area contributed by atoms with E-state index in [-0.39, 0.29) is 18.6 Å². The Morgan fingerprint density at radius 2 is 0.975 bits per heavy atom. The normalized spacial score (nSPS) is 24.8. The predicted octanol–water partition coefficient (Wildman–Crippen LogP) is 8.16. The Morgan fingerprint density at radius 3 is 1.35 bits per heavy atom. The molecule has 0 saturated heterocycles. The zero-order valence-electron chi connectivity index (χ0n) is 19.8. The number of alkyl halides is 14. The number of halogens is 14. The molecule has 2 aliphatic heterocycles. The summed E-state index contributed by atoms with van der Waals surface area (Å²) in [6.07, 6.45) is -28.7. The van der Waals surface area contributed by atoms with Crippen LogP contribution in [0.1, 0.15) is 30.9 Å². The number of unbranched alkanes of at least 4 members (excludes halogenated alkanes) is 1. The summed E-state index contributed by atoms with van der Waals surface area (Å²) in [6.45, 7) is 1.31. The molecule has 0 N–H and O–H groups in total. The van der Waals surface area contributed by atoms with Crippen molar-refractivity contribution in [2.24, 2.45) is 0 Å². The van der Waals surface area contributed by atoms with Crippen LogP contribution in [0.3, 0.4) is 0 Å². The minimum atomic E-state index is -7.02. The minimum absolute atomic E-state index is 0.114. The maximum absolute atomic E-state index is 15.2. The molecule has 0 bridgehead atoms. The summed E-state index contributed by atoms with van der Waals surface area (Å²) in [4.78, 5) is 0. The van der Waals surface area contributed by atoms with Gasteiger partial charge in [-0.25, -0.2) is 0 Å². The van der Waals surface area contributed by atoms with Gasteiger partial charge in [-0.05, 0) is 0 Å². The van der Waals surface area contributed by atoms with Crippen molar-refractivity contribution in [1.82, 2.24) is 0 Å². The molecule has 2 aliphatic rings. The predicted molar refractivity (Wildman–Crippen MR) is 114 cm³/mol. The number of hydrogen-bond acceptors (Lipinski definition) is 2. The van der Waals surface area contributed by atoms with E-state index in [1.165, 1.54) is 6.92 Å². The van der Waals surface area contributed by atoms with Gasteiger partial charge in [0.2, 0.25) is 0 Å². The number of rotatable bonds is 4. The van der Waals surface area contributed by atoms with Crippen LogP contribution in [0.5, 0.6) is 0 Å². The fraction of sp³-hybridized carbons (Fsp3) is 0.478. The fourth-order valence-corrected chi connectivity index (χ4v) is 11.8. The number of fused-ring (bicyclic) bond motifs is 4. The van der Waals surface area contributed by atoms with Gasteiger partial charge in [0.05, 0.1) is 0 Å². The van der Waals surface area contributed by atoms with Gasteiger partial charge in [-0.15, -0.1) is 0 Å².